The van der Waals surface area contributed by atoms with Crippen molar-refractivity contribution in [3.05, 3.63) is 59.7 Å². The third kappa shape index (κ3) is 5.10. The highest BCUT2D eigenvalue weighted by Gasteiger charge is 2.32. The molecule has 0 saturated heterocycles. The Labute approximate surface area is 188 Å². The van der Waals surface area contributed by atoms with Crippen LogP contribution in [0.4, 0.5) is 4.79 Å². The molecule has 0 unspecified atom stereocenters. The second-order valence-electron chi connectivity index (χ2n) is 8.72. The lowest BCUT2D eigenvalue weighted by Crippen LogP contribution is -2.50. The van der Waals surface area contributed by atoms with Gasteiger partial charge in [0.15, 0.2) is 0 Å². The van der Waals surface area contributed by atoms with E-state index in [2.05, 4.69) is 22.8 Å². The summed E-state index contributed by atoms with van der Waals surface area (Å²) in [6.07, 6.45) is 0.364. The number of fused-ring (bicyclic) bond motifs is 3. The van der Waals surface area contributed by atoms with E-state index in [1.165, 1.54) is 0 Å². The summed E-state index contributed by atoms with van der Waals surface area (Å²) in [5.74, 6) is -1.55. The molecule has 0 saturated carbocycles. The molecule has 0 spiro atoms. The predicted octanol–water partition coefficient (Wildman–Crippen LogP) is 3.92. The van der Waals surface area contributed by atoms with Crippen LogP contribution in [0.1, 0.15) is 50.7 Å². The number of benzene rings is 2. The highest BCUT2D eigenvalue weighted by molar-refractivity contribution is 5.87. The number of carboxylic acids is 1. The molecule has 170 valence electrons. The van der Waals surface area contributed by atoms with Crippen molar-refractivity contribution >= 4 is 18.0 Å². The zero-order valence-electron chi connectivity index (χ0n) is 18.7. The number of carboxylic acid groups (broad SMARTS) is 1. The molecule has 2 amide bonds. The molecule has 2 aromatic rings. The van der Waals surface area contributed by atoms with Gasteiger partial charge in [0.1, 0.15) is 12.6 Å². The number of alkyl carbamates (subject to hydrolysis) is 1. The first-order valence-corrected chi connectivity index (χ1v) is 10.9. The quantitative estimate of drug-likeness (QED) is 0.550. The predicted molar refractivity (Wildman–Crippen MR) is 121 cm³/mol. The number of carbonyl (C=O) groups excluding carboxylic acids is 2. The second-order valence-corrected chi connectivity index (χ2v) is 8.72. The molecule has 1 atom stereocenters. The van der Waals surface area contributed by atoms with Gasteiger partial charge < -0.3 is 20.5 Å². The summed E-state index contributed by atoms with van der Waals surface area (Å²) in [6, 6.07) is 15.2. The minimum atomic E-state index is -1.07. The van der Waals surface area contributed by atoms with Gasteiger partial charge in [-0.15, -0.1) is 0 Å². The largest absolute Gasteiger partial charge is 0.480 e. The Morgan fingerprint density at radius 1 is 1.03 bits per heavy atom. The number of nitrogens with one attached hydrogen (secondary N) is 2. The van der Waals surface area contributed by atoms with Crippen LogP contribution in [0.2, 0.25) is 0 Å². The van der Waals surface area contributed by atoms with Gasteiger partial charge in [0.05, 0.1) is 5.41 Å². The first-order chi connectivity index (χ1) is 15.2. The van der Waals surface area contributed by atoms with Gasteiger partial charge in [-0.25, -0.2) is 9.59 Å². The monoisotopic (exact) mass is 438 g/mol. The standard InChI is InChI=1S/C25H30N2O5/c1-4-9-21(22(28)29)27-23(30)25(2,3)15-26-24(31)32-14-20-18-12-7-5-10-16(18)17-11-6-8-13-19(17)20/h5-8,10-13,20-21H,4,9,14-15H2,1-3H3,(H,26,31)(H,27,30)(H,28,29)/t21-/m0/s1. The van der Waals surface area contributed by atoms with Crippen molar-refractivity contribution in [2.45, 2.75) is 45.6 Å². The van der Waals surface area contributed by atoms with Crippen molar-refractivity contribution in [2.75, 3.05) is 13.2 Å². The van der Waals surface area contributed by atoms with Gasteiger partial charge >= 0.3 is 12.1 Å². The van der Waals surface area contributed by atoms with Gasteiger partial charge in [0, 0.05) is 12.5 Å². The van der Waals surface area contributed by atoms with E-state index in [0.717, 1.165) is 22.3 Å². The molecule has 0 fully saturated rings. The van der Waals surface area contributed by atoms with Crippen molar-refractivity contribution in [3.63, 3.8) is 0 Å². The molecule has 3 rings (SSSR count). The zero-order valence-corrected chi connectivity index (χ0v) is 18.7. The van der Waals surface area contributed by atoms with Gasteiger partial charge in [-0.3, -0.25) is 4.79 Å². The molecule has 0 heterocycles. The zero-order chi connectivity index (χ0) is 23.3. The summed E-state index contributed by atoms with van der Waals surface area (Å²) in [6.45, 7) is 5.36. The fourth-order valence-corrected chi connectivity index (χ4v) is 3.92. The lowest BCUT2D eigenvalue weighted by molar-refractivity contribution is -0.143. The topological polar surface area (TPSA) is 105 Å². The van der Waals surface area contributed by atoms with Crippen LogP contribution in [0.15, 0.2) is 48.5 Å². The third-order valence-corrected chi connectivity index (χ3v) is 5.81. The molecular formula is C25H30N2O5. The van der Waals surface area contributed by atoms with Gasteiger partial charge in [-0.05, 0) is 42.5 Å². The van der Waals surface area contributed by atoms with Gasteiger partial charge in [0.25, 0.3) is 0 Å². The Kier molecular flexibility index (Phi) is 7.18. The van der Waals surface area contributed by atoms with E-state index >= 15 is 0 Å². The number of rotatable bonds is 9. The second kappa shape index (κ2) is 9.85. The first kappa shape index (κ1) is 23.3. The summed E-state index contributed by atoms with van der Waals surface area (Å²) >= 11 is 0. The van der Waals surface area contributed by atoms with E-state index in [9.17, 15) is 19.5 Å². The number of hydrogen-bond donors (Lipinski definition) is 3. The Hall–Kier alpha value is -3.35. The first-order valence-electron chi connectivity index (χ1n) is 10.9. The summed E-state index contributed by atoms with van der Waals surface area (Å²) in [7, 11) is 0. The maximum Gasteiger partial charge on any atom is 0.407 e. The third-order valence-electron chi connectivity index (χ3n) is 5.81. The number of carbonyl (C=O) groups is 3. The number of amides is 2. The van der Waals surface area contributed by atoms with Crippen molar-refractivity contribution in [1.29, 1.82) is 0 Å². The van der Waals surface area contributed by atoms with E-state index in [1.54, 1.807) is 13.8 Å². The van der Waals surface area contributed by atoms with E-state index < -0.39 is 29.4 Å². The van der Waals surface area contributed by atoms with Crippen LogP contribution in [-0.4, -0.2) is 42.3 Å². The lowest BCUT2D eigenvalue weighted by atomic mass is 9.91. The van der Waals surface area contributed by atoms with Crippen LogP contribution in [0.25, 0.3) is 11.1 Å². The Bertz CT molecular complexity index is 956. The summed E-state index contributed by atoms with van der Waals surface area (Å²) in [5.41, 5.74) is 3.55. The number of ether oxygens (including phenoxy) is 1. The minimum absolute atomic E-state index is 0.0218. The summed E-state index contributed by atoms with van der Waals surface area (Å²) < 4.78 is 5.50. The maximum atomic E-state index is 12.5. The fraction of sp³-hybridized carbons (Fsp3) is 0.400. The van der Waals surface area contributed by atoms with Crippen LogP contribution < -0.4 is 10.6 Å². The number of hydrogen-bond acceptors (Lipinski definition) is 4. The van der Waals surface area contributed by atoms with Crippen LogP contribution in [0.5, 0.6) is 0 Å². The summed E-state index contributed by atoms with van der Waals surface area (Å²) in [4.78, 5) is 36.2. The molecule has 2 aromatic carbocycles. The average Bonchev–Trinajstić information content (AvgIpc) is 3.09. The molecule has 0 bridgehead atoms. The van der Waals surface area contributed by atoms with E-state index in [-0.39, 0.29) is 19.1 Å². The van der Waals surface area contributed by atoms with Crippen molar-refractivity contribution < 1.29 is 24.2 Å². The molecule has 32 heavy (non-hydrogen) atoms. The van der Waals surface area contributed by atoms with Crippen LogP contribution in [0.3, 0.4) is 0 Å². The Balaban J connectivity index is 1.56. The highest BCUT2D eigenvalue weighted by Crippen LogP contribution is 2.44. The Morgan fingerprint density at radius 3 is 2.12 bits per heavy atom. The average molecular weight is 439 g/mol. The van der Waals surface area contributed by atoms with E-state index in [0.29, 0.717) is 12.8 Å². The minimum Gasteiger partial charge on any atom is -0.480 e. The van der Waals surface area contributed by atoms with Crippen molar-refractivity contribution in [3.8, 4) is 11.1 Å². The van der Waals surface area contributed by atoms with Crippen LogP contribution in [-0.2, 0) is 14.3 Å². The molecule has 0 aliphatic heterocycles. The van der Waals surface area contributed by atoms with Gasteiger partial charge in [-0.1, -0.05) is 61.9 Å². The van der Waals surface area contributed by atoms with E-state index in [4.69, 9.17) is 4.74 Å². The Morgan fingerprint density at radius 2 is 1.59 bits per heavy atom. The molecule has 0 aromatic heterocycles. The van der Waals surface area contributed by atoms with Crippen LogP contribution >= 0.6 is 0 Å². The highest BCUT2D eigenvalue weighted by atomic mass is 16.5. The van der Waals surface area contributed by atoms with E-state index in [1.807, 2.05) is 43.3 Å². The SMILES string of the molecule is CCC[C@H](NC(=O)C(C)(C)CNC(=O)OCC1c2ccccc2-c2ccccc21)C(=O)O. The molecule has 0 radical (unpaired) electrons. The molecule has 7 heteroatoms. The number of aliphatic carboxylic acids is 1. The molecule has 3 N–H and O–H groups in total. The van der Waals surface area contributed by atoms with Gasteiger partial charge in [-0.2, -0.15) is 0 Å². The molecule has 1 aliphatic rings. The molecule has 1 aliphatic carbocycles. The van der Waals surface area contributed by atoms with Gasteiger partial charge in [0.2, 0.25) is 5.91 Å². The van der Waals surface area contributed by atoms with Crippen LogP contribution in [0, 0.1) is 5.41 Å². The summed E-state index contributed by atoms with van der Waals surface area (Å²) in [5, 5.41) is 14.4. The van der Waals surface area contributed by atoms with Crippen molar-refractivity contribution in [2.24, 2.45) is 5.41 Å². The lowest BCUT2D eigenvalue weighted by Gasteiger charge is -2.26. The van der Waals surface area contributed by atoms with Crippen molar-refractivity contribution in [1.82, 2.24) is 10.6 Å². The molecular weight excluding hydrogens is 408 g/mol. The molecule has 7 nitrogen and oxygen atoms in total. The normalized spacial score (nSPS) is 13.6. The maximum absolute atomic E-state index is 12.5. The smallest absolute Gasteiger partial charge is 0.407 e. The fourth-order valence-electron chi connectivity index (χ4n) is 3.92.